The number of methoxy groups -OCH3 is 1. The summed E-state index contributed by atoms with van der Waals surface area (Å²) in [4.78, 5) is 13.7. The van der Waals surface area contributed by atoms with Gasteiger partial charge in [-0.3, -0.25) is 4.79 Å². The number of ether oxygens (including phenoxy) is 1. The molecule has 0 N–H and O–H groups in total. The lowest BCUT2D eigenvalue weighted by Gasteiger charge is -2.23. The molecule has 1 unspecified atom stereocenters. The van der Waals surface area contributed by atoms with Crippen molar-refractivity contribution in [3.8, 4) is 5.75 Å². The highest BCUT2D eigenvalue weighted by molar-refractivity contribution is 9.09. The predicted octanol–water partition coefficient (Wildman–Crippen LogP) is 2.55. The Hall–Kier alpha value is -1.03. The van der Waals surface area contributed by atoms with Crippen LogP contribution in [0.3, 0.4) is 0 Å². The zero-order valence-corrected chi connectivity index (χ0v) is 11.3. The monoisotopic (exact) mass is 285 g/mol. The molecule has 1 rings (SSSR count). The molecule has 0 saturated heterocycles. The standard InChI is InChI=1S/C12H16BrNO2/c1-9(8-13)14(2)12(15)10-4-6-11(16-3)7-5-10/h4-7,9H,8H2,1-3H3. The lowest BCUT2D eigenvalue weighted by atomic mass is 10.2. The number of benzene rings is 1. The fourth-order valence-electron chi connectivity index (χ4n) is 1.24. The Balaban J connectivity index is 2.80. The van der Waals surface area contributed by atoms with Crippen molar-refractivity contribution < 1.29 is 9.53 Å². The van der Waals surface area contributed by atoms with Crippen LogP contribution in [0.5, 0.6) is 5.75 Å². The van der Waals surface area contributed by atoms with Crippen molar-refractivity contribution in [2.45, 2.75) is 13.0 Å². The normalized spacial score (nSPS) is 12.0. The second kappa shape index (κ2) is 5.89. The van der Waals surface area contributed by atoms with Crippen molar-refractivity contribution >= 4 is 21.8 Å². The van der Waals surface area contributed by atoms with Crippen molar-refractivity contribution in [3.63, 3.8) is 0 Å². The third-order valence-corrected chi connectivity index (χ3v) is 3.48. The Kier molecular flexibility index (Phi) is 4.80. The molecule has 0 aromatic heterocycles. The summed E-state index contributed by atoms with van der Waals surface area (Å²) in [7, 11) is 3.41. The molecular weight excluding hydrogens is 270 g/mol. The Bertz CT molecular complexity index is 351. The number of nitrogens with zero attached hydrogens (tertiary/aromatic N) is 1. The summed E-state index contributed by atoms with van der Waals surface area (Å²) in [6, 6.07) is 7.31. The highest BCUT2D eigenvalue weighted by Crippen LogP contribution is 2.13. The first-order valence-electron chi connectivity index (χ1n) is 5.07. The van der Waals surface area contributed by atoms with Gasteiger partial charge in [-0.15, -0.1) is 0 Å². The summed E-state index contributed by atoms with van der Waals surface area (Å²) in [6.07, 6.45) is 0. The molecule has 0 aliphatic heterocycles. The maximum absolute atomic E-state index is 12.0. The van der Waals surface area contributed by atoms with Gasteiger partial charge in [-0.05, 0) is 31.2 Å². The van der Waals surface area contributed by atoms with Crippen LogP contribution in [-0.4, -0.2) is 36.3 Å². The number of carbonyl (C=O) groups excluding carboxylic acids is 1. The van der Waals surface area contributed by atoms with Crippen LogP contribution in [-0.2, 0) is 0 Å². The zero-order valence-electron chi connectivity index (χ0n) is 9.74. The molecule has 0 fully saturated rings. The summed E-state index contributed by atoms with van der Waals surface area (Å²) in [6.45, 7) is 2.00. The van der Waals surface area contributed by atoms with E-state index in [0.717, 1.165) is 11.1 Å². The first-order chi connectivity index (χ1) is 7.60. The average molecular weight is 286 g/mol. The van der Waals surface area contributed by atoms with Gasteiger partial charge in [0.05, 0.1) is 7.11 Å². The quantitative estimate of drug-likeness (QED) is 0.796. The van der Waals surface area contributed by atoms with Gasteiger partial charge in [-0.25, -0.2) is 0 Å². The van der Waals surface area contributed by atoms with E-state index in [1.54, 1.807) is 43.3 Å². The molecular formula is C12H16BrNO2. The topological polar surface area (TPSA) is 29.5 Å². The molecule has 0 bridgehead atoms. The molecule has 16 heavy (non-hydrogen) atoms. The fraction of sp³-hybridized carbons (Fsp3) is 0.417. The molecule has 1 amide bonds. The number of halogens is 1. The minimum absolute atomic E-state index is 0.0228. The van der Waals surface area contributed by atoms with E-state index in [9.17, 15) is 4.79 Å². The van der Waals surface area contributed by atoms with E-state index in [1.807, 2.05) is 6.92 Å². The smallest absolute Gasteiger partial charge is 0.253 e. The zero-order chi connectivity index (χ0) is 12.1. The number of amides is 1. The van der Waals surface area contributed by atoms with Gasteiger partial charge in [0.25, 0.3) is 5.91 Å². The van der Waals surface area contributed by atoms with Crippen LogP contribution >= 0.6 is 15.9 Å². The van der Waals surface area contributed by atoms with Crippen molar-refractivity contribution in [2.75, 3.05) is 19.5 Å². The number of rotatable bonds is 4. The van der Waals surface area contributed by atoms with E-state index in [4.69, 9.17) is 4.74 Å². The second-order valence-electron chi connectivity index (χ2n) is 3.65. The van der Waals surface area contributed by atoms with Crippen molar-refractivity contribution in [1.29, 1.82) is 0 Å². The summed E-state index contributed by atoms with van der Waals surface area (Å²) >= 11 is 3.37. The molecule has 0 radical (unpaired) electrons. The Morgan fingerprint density at radius 2 is 2.00 bits per heavy atom. The molecule has 1 atom stereocenters. The third-order valence-electron chi connectivity index (χ3n) is 2.54. The lowest BCUT2D eigenvalue weighted by Crippen LogP contribution is -2.35. The van der Waals surface area contributed by atoms with E-state index < -0.39 is 0 Å². The fourth-order valence-corrected chi connectivity index (χ4v) is 1.68. The highest BCUT2D eigenvalue weighted by atomic mass is 79.9. The van der Waals surface area contributed by atoms with E-state index in [1.165, 1.54) is 0 Å². The van der Waals surface area contributed by atoms with Crippen molar-refractivity contribution in [1.82, 2.24) is 4.90 Å². The lowest BCUT2D eigenvalue weighted by molar-refractivity contribution is 0.0758. The second-order valence-corrected chi connectivity index (χ2v) is 4.30. The highest BCUT2D eigenvalue weighted by Gasteiger charge is 2.16. The van der Waals surface area contributed by atoms with E-state index in [-0.39, 0.29) is 11.9 Å². The van der Waals surface area contributed by atoms with Crippen molar-refractivity contribution in [2.24, 2.45) is 0 Å². The van der Waals surface area contributed by atoms with Gasteiger partial charge in [-0.1, -0.05) is 15.9 Å². The van der Waals surface area contributed by atoms with Gasteiger partial charge in [0, 0.05) is 24.0 Å². The average Bonchev–Trinajstić information content (AvgIpc) is 2.36. The maximum Gasteiger partial charge on any atom is 0.253 e. The van der Waals surface area contributed by atoms with Gasteiger partial charge in [0.15, 0.2) is 0 Å². The van der Waals surface area contributed by atoms with Crippen LogP contribution in [0, 0.1) is 0 Å². The van der Waals surface area contributed by atoms with E-state index in [2.05, 4.69) is 15.9 Å². The van der Waals surface area contributed by atoms with E-state index in [0.29, 0.717) is 5.56 Å². The Morgan fingerprint density at radius 1 is 1.44 bits per heavy atom. The number of hydrogen-bond donors (Lipinski definition) is 0. The first kappa shape index (κ1) is 13.0. The SMILES string of the molecule is COc1ccc(C(=O)N(C)C(C)CBr)cc1. The van der Waals surface area contributed by atoms with Gasteiger partial charge >= 0.3 is 0 Å². The molecule has 4 heteroatoms. The molecule has 0 heterocycles. The molecule has 88 valence electrons. The van der Waals surface area contributed by atoms with Crippen LogP contribution in [0.2, 0.25) is 0 Å². The van der Waals surface area contributed by atoms with Gasteiger partial charge < -0.3 is 9.64 Å². The predicted molar refractivity (Wildman–Crippen MR) is 68.3 cm³/mol. The van der Waals surface area contributed by atoms with Gasteiger partial charge in [-0.2, -0.15) is 0 Å². The molecule has 3 nitrogen and oxygen atoms in total. The summed E-state index contributed by atoms with van der Waals surface area (Å²) < 4.78 is 5.05. The largest absolute Gasteiger partial charge is 0.497 e. The molecule has 0 spiro atoms. The van der Waals surface area contributed by atoms with Crippen molar-refractivity contribution in [3.05, 3.63) is 29.8 Å². The van der Waals surface area contributed by atoms with Crippen LogP contribution in [0.15, 0.2) is 24.3 Å². The third kappa shape index (κ3) is 2.98. The van der Waals surface area contributed by atoms with E-state index >= 15 is 0 Å². The molecule has 1 aromatic rings. The maximum atomic E-state index is 12.0. The number of carbonyl (C=O) groups is 1. The summed E-state index contributed by atoms with van der Waals surface area (Å²) in [5.74, 6) is 0.780. The van der Waals surface area contributed by atoms with Gasteiger partial charge in [0.2, 0.25) is 0 Å². The van der Waals surface area contributed by atoms with Crippen LogP contribution in [0.1, 0.15) is 17.3 Å². The summed E-state index contributed by atoms with van der Waals surface area (Å²) in [5, 5.41) is 0.769. The van der Waals surface area contributed by atoms with Crippen LogP contribution in [0.4, 0.5) is 0 Å². The molecule has 0 aliphatic rings. The molecule has 1 aromatic carbocycles. The molecule has 0 aliphatic carbocycles. The Morgan fingerprint density at radius 3 is 2.44 bits per heavy atom. The van der Waals surface area contributed by atoms with Crippen LogP contribution in [0.25, 0.3) is 0 Å². The van der Waals surface area contributed by atoms with Gasteiger partial charge in [0.1, 0.15) is 5.75 Å². The number of alkyl halides is 1. The minimum atomic E-state index is 0.0228. The van der Waals surface area contributed by atoms with Crippen LogP contribution < -0.4 is 4.74 Å². The summed E-state index contributed by atoms with van der Waals surface area (Å²) in [5.41, 5.74) is 0.677. The minimum Gasteiger partial charge on any atom is -0.497 e. The molecule has 0 saturated carbocycles. The Labute approximate surface area is 105 Å². The number of hydrogen-bond acceptors (Lipinski definition) is 2. The first-order valence-corrected chi connectivity index (χ1v) is 6.19.